The lowest BCUT2D eigenvalue weighted by Crippen LogP contribution is -2.08. The Morgan fingerprint density at radius 1 is 1.33 bits per heavy atom. The van der Waals surface area contributed by atoms with E-state index < -0.39 is 11.6 Å². The zero-order chi connectivity index (χ0) is 9.14. The van der Waals surface area contributed by atoms with Gasteiger partial charge in [-0.15, -0.1) is 0 Å². The van der Waals surface area contributed by atoms with Gasteiger partial charge in [0, 0.05) is 12.1 Å². The molecule has 0 amide bonds. The average Bonchev–Trinajstić information content (AvgIpc) is 2.01. The highest BCUT2D eigenvalue weighted by Crippen LogP contribution is 2.13. The van der Waals surface area contributed by atoms with Crippen LogP contribution in [0.25, 0.3) is 0 Å². The fraction of sp³-hybridized carbons (Fsp3) is 0.250. The van der Waals surface area contributed by atoms with E-state index >= 15 is 0 Å². The van der Waals surface area contributed by atoms with Crippen LogP contribution >= 0.6 is 0 Å². The molecule has 1 rings (SSSR count). The summed E-state index contributed by atoms with van der Waals surface area (Å²) in [5, 5.41) is 8.27. The molecule has 1 aromatic rings. The fourth-order valence-corrected chi connectivity index (χ4v) is 0.908. The Hall–Kier alpha value is -1.00. The molecular formula is C8H9F2NO. The van der Waals surface area contributed by atoms with Gasteiger partial charge in [-0.25, -0.2) is 14.3 Å². The van der Waals surface area contributed by atoms with E-state index in [4.69, 9.17) is 5.21 Å². The summed E-state index contributed by atoms with van der Waals surface area (Å²) in [5.74, 6) is -0.989. The van der Waals surface area contributed by atoms with Gasteiger partial charge in [-0.05, 0) is 24.6 Å². The van der Waals surface area contributed by atoms with E-state index in [1.807, 2.05) is 0 Å². The molecule has 4 heteroatoms. The highest BCUT2D eigenvalue weighted by atomic mass is 19.1. The monoisotopic (exact) mass is 173 g/mol. The van der Waals surface area contributed by atoms with Crippen molar-refractivity contribution in [3.8, 4) is 0 Å². The van der Waals surface area contributed by atoms with Crippen molar-refractivity contribution in [2.75, 3.05) is 0 Å². The molecule has 0 spiro atoms. The molecule has 0 fully saturated rings. The van der Waals surface area contributed by atoms with Gasteiger partial charge in [0.25, 0.3) is 0 Å². The number of aryl methyl sites for hydroxylation is 1. The van der Waals surface area contributed by atoms with Gasteiger partial charge in [0.2, 0.25) is 0 Å². The first kappa shape index (κ1) is 9.09. The average molecular weight is 173 g/mol. The van der Waals surface area contributed by atoms with Crippen molar-refractivity contribution in [2.24, 2.45) is 0 Å². The second-order valence-corrected chi connectivity index (χ2v) is 2.53. The minimum absolute atomic E-state index is 0.0942. The lowest BCUT2D eigenvalue weighted by atomic mass is 10.1. The lowest BCUT2D eigenvalue weighted by molar-refractivity contribution is 0.160. The Balaban J connectivity index is 3.05. The molecule has 0 bridgehead atoms. The predicted molar refractivity (Wildman–Crippen MR) is 39.7 cm³/mol. The first-order chi connectivity index (χ1) is 5.65. The maximum absolute atomic E-state index is 12.9. The van der Waals surface area contributed by atoms with Gasteiger partial charge in [-0.3, -0.25) is 0 Å². The summed E-state index contributed by atoms with van der Waals surface area (Å²) in [6, 6.07) is 2.16. The Labute approximate surface area is 68.8 Å². The highest BCUT2D eigenvalue weighted by Gasteiger charge is 2.05. The molecule has 2 nitrogen and oxygen atoms in total. The minimum Gasteiger partial charge on any atom is -0.316 e. The summed E-state index contributed by atoms with van der Waals surface area (Å²) < 4.78 is 25.7. The van der Waals surface area contributed by atoms with Gasteiger partial charge in [0.1, 0.15) is 11.6 Å². The van der Waals surface area contributed by atoms with Crippen LogP contribution in [-0.4, -0.2) is 5.21 Å². The number of benzene rings is 1. The molecule has 0 saturated carbocycles. The van der Waals surface area contributed by atoms with Crippen LogP contribution in [0.2, 0.25) is 0 Å². The lowest BCUT2D eigenvalue weighted by Gasteiger charge is -2.03. The van der Waals surface area contributed by atoms with Crippen molar-refractivity contribution in [3.05, 3.63) is 34.9 Å². The first-order valence-electron chi connectivity index (χ1n) is 3.46. The molecule has 0 unspecified atom stereocenters. The SMILES string of the molecule is Cc1cc(F)c(CNO)cc1F. The summed E-state index contributed by atoms with van der Waals surface area (Å²) >= 11 is 0. The molecule has 0 radical (unpaired) electrons. The van der Waals surface area contributed by atoms with Crippen LogP contribution in [0.15, 0.2) is 12.1 Å². The van der Waals surface area contributed by atoms with Crippen LogP contribution in [0.1, 0.15) is 11.1 Å². The number of rotatable bonds is 2. The molecule has 0 heterocycles. The summed E-state index contributed by atoms with van der Waals surface area (Å²) in [7, 11) is 0. The molecule has 0 aliphatic heterocycles. The van der Waals surface area contributed by atoms with Crippen molar-refractivity contribution in [3.63, 3.8) is 0 Å². The van der Waals surface area contributed by atoms with Gasteiger partial charge in [-0.2, -0.15) is 0 Å². The molecule has 0 saturated heterocycles. The number of nitrogens with one attached hydrogen (secondary N) is 1. The molecule has 0 aliphatic rings. The quantitative estimate of drug-likeness (QED) is 0.668. The summed E-state index contributed by atoms with van der Waals surface area (Å²) in [6.45, 7) is 1.39. The topological polar surface area (TPSA) is 32.3 Å². The van der Waals surface area contributed by atoms with Crippen LogP contribution in [-0.2, 0) is 6.54 Å². The van der Waals surface area contributed by atoms with E-state index in [1.165, 1.54) is 6.92 Å². The first-order valence-corrected chi connectivity index (χ1v) is 3.46. The van der Waals surface area contributed by atoms with Gasteiger partial charge in [0.05, 0.1) is 0 Å². The smallest absolute Gasteiger partial charge is 0.128 e. The van der Waals surface area contributed by atoms with Crippen molar-refractivity contribution in [1.29, 1.82) is 0 Å². The van der Waals surface area contributed by atoms with Crippen molar-refractivity contribution < 1.29 is 14.0 Å². The van der Waals surface area contributed by atoms with Crippen LogP contribution in [0.5, 0.6) is 0 Å². The van der Waals surface area contributed by atoms with Crippen LogP contribution in [0.4, 0.5) is 8.78 Å². The summed E-state index contributed by atoms with van der Waals surface area (Å²) in [6.07, 6.45) is 0. The van der Waals surface area contributed by atoms with E-state index in [9.17, 15) is 8.78 Å². The molecule has 66 valence electrons. The van der Waals surface area contributed by atoms with Gasteiger partial charge < -0.3 is 5.21 Å². The summed E-state index contributed by atoms with van der Waals surface area (Å²) in [5.41, 5.74) is 2.14. The Kier molecular flexibility index (Phi) is 2.73. The maximum atomic E-state index is 12.9. The number of hydrogen-bond acceptors (Lipinski definition) is 2. The third kappa shape index (κ3) is 1.78. The van der Waals surface area contributed by atoms with Gasteiger partial charge in [0.15, 0.2) is 0 Å². The fourth-order valence-electron chi connectivity index (χ4n) is 0.908. The third-order valence-electron chi connectivity index (χ3n) is 1.60. The summed E-state index contributed by atoms with van der Waals surface area (Å²) in [4.78, 5) is 0. The second kappa shape index (κ2) is 3.60. The number of hydrogen-bond donors (Lipinski definition) is 2. The molecule has 1 aromatic carbocycles. The molecule has 0 aliphatic carbocycles. The molecule has 0 aromatic heterocycles. The van der Waals surface area contributed by atoms with Gasteiger partial charge in [-0.1, -0.05) is 0 Å². The minimum atomic E-state index is -0.518. The Morgan fingerprint density at radius 3 is 2.58 bits per heavy atom. The third-order valence-corrected chi connectivity index (χ3v) is 1.60. The Bertz CT molecular complexity index is 289. The molecule has 12 heavy (non-hydrogen) atoms. The van der Waals surface area contributed by atoms with E-state index in [0.29, 0.717) is 0 Å². The van der Waals surface area contributed by atoms with E-state index in [2.05, 4.69) is 0 Å². The second-order valence-electron chi connectivity index (χ2n) is 2.53. The Morgan fingerprint density at radius 2 is 2.00 bits per heavy atom. The highest BCUT2D eigenvalue weighted by molar-refractivity contribution is 5.24. The van der Waals surface area contributed by atoms with E-state index in [1.54, 1.807) is 5.48 Å². The van der Waals surface area contributed by atoms with Crippen LogP contribution in [0.3, 0.4) is 0 Å². The predicted octanol–water partition coefficient (Wildman–Crippen LogP) is 1.75. The molecular weight excluding hydrogens is 164 g/mol. The van der Waals surface area contributed by atoms with Gasteiger partial charge >= 0.3 is 0 Å². The standard InChI is InChI=1S/C8H9F2NO/c1-5-2-8(10)6(4-11-12)3-7(5)9/h2-3,11-12H,4H2,1H3. The van der Waals surface area contributed by atoms with Crippen molar-refractivity contribution in [2.45, 2.75) is 13.5 Å². The van der Waals surface area contributed by atoms with Crippen molar-refractivity contribution >= 4 is 0 Å². The van der Waals surface area contributed by atoms with Crippen LogP contribution in [0, 0.1) is 18.6 Å². The van der Waals surface area contributed by atoms with E-state index in [-0.39, 0.29) is 17.7 Å². The molecule has 0 atom stereocenters. The number of halogens is 2. The zero-order valence-corrected chi connectivity index (χ0v) is 6.56. The zero-order valence-electron chi connectivity index (χ0n) is 6.56. The number of hydroxylamine groups is 1. The largest absolute Gasteiger partial charge is 0.316 e. The maximum Gasteiger partial charge on any atom is 0.128 e. The van der Waals surface area contributed by atoms with E-state index in [0.717, 1.165) is 12.1 Å². The molecule has 2 N–H and O–H groups in total. The van der Waals surface area contributed by atoms with Crippen molar-refractivity contribution in [1.82, 2.24) is 5.48 Å². The normalized spacial score (nSPS) is 10.3. The van der Waals surface area contributed by atoms with Crippen LogP contribution < -0.4 is 5.48 Å².